The summed E-state index contributed by atoms with van der Waals surface area (Å²) in [5, 5.41) is 27.8. The Hall–Kier alpha value is -0.200. The second-order valence-electron chi connectivity index (χ2n) is 3.09. The molecule has 1 saturated heterocycles. The summed E-state index contributed by atoms with van der Waals surface area (Å²) in [6, 6.07) is 0. The largest absolute Gasteiger partial charge is 0.388 e. The van der Waals surface area contributed by atoms with Gasteiger partial charge >= 0.3 is 0 Å². The van der Waals surface area contributed by atoms with E-state index in [4.69, 9.17) is 10.5 Å². The fraction of sp³-hybridized carbons (Fsp3) is 1.00. The van der Waals surface area contributed by atoms with Crippen molar-refractivity contribution >= 4 is 0 Å². The van der Waals surface area contributed by atoms with Gasteiger partial charge < -0.3 is 25.8 Å². The first kappa shape index (κ1) is 13.8. The van der Waals surface area contributed by atoms with Crippen LogP contribution in [0.3, 0.4) is 0 Å². The van der Waals surface area contributed by atoms with Gasteiger partial charge in [-0.25, -0.2) is 0 Å². The average Bonchev–Trinajstić information content (AvgIpc) is 2.23. The molecule has 0 saturated carbocycles. The quantitative estimate of drug-likeness (QED) is 0.435. The highest BCUT2D eigenvalue weighted by atomic mass is 16.5. The topological polar surface area (TPSA) is 95.9 Å². The van der Waals surface area contributed by atoms with Gasteiger partial charge in [-0.15, -0.1) is 0 Å². The SMILES string of the molecule is CC.CC1OC(CN)C(O)C(O)C1O. The average molecular weight is 207 g/mol. The van der Waals surface area contributed by atoms with Crippen LogP contribution < -0.4 is 5.73 Å². The smallest absolute Gasteiger partial charge is 0.111 e. The zero-order valence-corrected chi connectivity index (χ0v) is 8.92. The highest BCUT2D eigenvalue weighted by molar-refractivity contribution is 4.90. The molecule has 0 spiro atoms. The van der Waals surface area contributed by atoms with Gasteiger partial charge in [-0.05, 0) is 6.92 Å². The lowest BCUT2D eigenvalue weighted by Crippen LogP contribution is -2.58. The second kappa shape index (κ2) is 6.31. The van der Waals surface area contributed by atoms with Crippen LogP contribution in [-0.4, -0.2) is 52.4 Å². The molecule has 5 heteroatoms. The molecule has 0 aromatic rings. The normalized spacial score (nSPS) is 42.6. The minimum atomic E-state index is -1.16. The third-order valence-electron chi connectivity index (χ3n) is 2.18. The molecule has 14 heavy (non-hydrogen) atoms. The molecule has 0 amide bonds. The Labute approximate surface area is 84.5 Å². The van der Waals surface area contributed by atoms with Crippen LogP contribution in [0.1, 0.15) is 20.8 Å². The van der Waals surface area contributed by atoms with Crippen LogP contribution >= 0.6 is 0 Å². The molecule has 86 valence electrons. The molecule has 0 radical (unpaired) electrons. The monoisotopic (exact) mass is 207 g/mol. The van der Waals surface area contributed by atoms with Gasteiger partial charge in [0, 0.05) is 6.54 Å². The van der Waals surface area contributed by atoms with E-state index < -0.39 is 30.5 Å². The Morgan fingerprint density at radius 2 is 1.57 bits per heavy atom. The summed E-state index contributed by atoms with van der Waals surface area (Å²) in [7, 11) is 0. The van der Waals surface area contributed by atoms with E-state index in [9.17, 15) is 15.3 Å². The van der Waals surface area contributed by atoms with Crippen LogP contribution in [0.25, 0.3) is 0 Å². The first-order chi connectivity index (χ1) is 6.57. The van der Waals surface area contributed by atoms with Crippen LogP contribution in [-0.2, 0) is 4.74 Å². The molecule has 0 bridgehead atoms. The number of hydrogen-bond donors (Lipinski definition) is 4. The van der Waals surface area contributed by atoms with Crippen molar-refractivity contribution < 1.29 is 20.1 Å². The third-order valence-corrected chi connectivity index (χ3v) is 2.18. The molecule has 1 fully saturated rings. The summed E-state index contributed by atoms with van der Waals surface area (Å²) in [5.74, 6) is 0. The lowest BCUT2D eigenvalue weighted by molar-refractivity contribution is -0.213. The van der Waals surface area contributed by atoms with Crippen molar-refractivity contribution in [3.8, 4) is 0 Å². The fourth-order valence-corrected chi connectivity index (χ4v) is 1.33. The van der Waals surface area contributed by atoms with Crippen molar-refractivity contribution in [2.24, 2.45) is 5.73 Å². The van der Waals surface area contributed by atoms with Crippen molar-refractivity contribution in [1.82, 2.24) is 0 Å². The van der Waals surface area contributed by atoms with E-state index in [0.29, 0.717) is 0 Å². The first-order valence-electron chi connectivity index (χ1n) is 4.97. The van der Waals surface area contributed by atoms with Gasteiger partial charge in [0.15, 0.2) is 0 Å². The summed E-state index contributed by atoms with van der Waals surface area (Å²) < 4.78 is 5.15. The molecule has 5 unspecified atom stereocenters. The zero-order valence-electron chi connectivity index (χ0n) is 8.92. The molecule has 1 heterocycles. The second-order valence-corrected chi connectivity index (χ2v) is 3.09. The molecule has 5 N–H and O–H groups in total. The van der Waals surface area contributed by atoms with E-state index in [-0.39, 0.29) is 6.54 Å². The van der Waals surface area contributed by atoms with Gasteiger partial charge in [-0.2, -0.15) is 0 Å². The van der Waals surface area contributed by atoms with E-state index in [1.807, 2.05) is 13.8 Å². The number of ether oxygens (including phenoxy) is 1. The van der Waals surface area contributed by atoms with Crippen LogP contribution in [0, 0.1) is 0 Å². The highest BCUT2D eigenvalue weighted by Gasteiger charge is 2.40. The Bertz CT molecular complexity index is 151. The molecule has 0 aromatic heterocycles. The van der Waals surface area contributed by atoms with Gasteiger partial charge in [-0.3, -0.25) is 0 Å². The minimum Gasteiger partial charge on any atom is -0.388 e. The number of aliphatic hydroxyl groups is 3. The van der Waals surface area contributed by atoms with Gasteiger partial charge in [-0.1, -0.05) is 13.8 Å². The Balaban J connectivity index is 0.000000791. The molecule has 1 aliphatic rings. The maximum absolute atomic E-state index is 9.31. The van der Waals surface area contributed by atoms with Crippen LogP contribution in [0.5, 0.6) is 0 Å². The maximum atomic E-state index is 9.31. The van der Waals surface area contributed by atoms with E-state index in [2.05, 4.69) is 0 Å². The number of hydrogen-bond acceptors (Lipinski definition) is 5. The highest BCUT2D eigenvalue weighted by Crippen LogP contribution is 2.19. The summed E-state index contributed by atoms with van der Waals surface area (Å²) in [5.41, 5.74) is 5.29. The number of rotatable bonds is 1. The number of aliphatic hydroxyl groups excluding tert-OH is 3. The van der Waals surface area contributed by atoms with Crippen LogP contribution in [0.15, 0.2) is 0 Å². The molecule has 5 atom stereocenters. The van der Waals surface area contributed by atoms with Gasteiger partial charge in [0.05, 0.1) is 12.2 Å². The van der Waals surface area contributed by atoms with Crippen molar-refractivity contribution in [3.63, 3.8) is 0 Å². The van der Waals surface area contributed by atoms with Gasteiger partial charge in [0.2, 0.25) is 0 Å². The molecule has 0 aliphatic carbocycles. The zero-order chi connectivity index (χ0) is 11.3. The molecule has 1 aliphatic heterocycles. The van der Waals surface area contributed by atoms with E-state index in [1.54, 1.807) is 6.92 Å². The fourth-order valence-electron chi connectivity index (χ4n) is 1.33. The van der Waals surface area contributed by atoms with Crippen LogP contribution in [0.4, 0.5) is 0 Å². The van der Waals surface area contributed by atoms with E-state index in [1.165, 1.54) is 0 Å². The maximum Gasteiger partial charge on any atom is 0.111 e. The lowest BCUT2D eigenvalue weighted by atomic mass is 9.96. The molecular weight excluding hydrogens is 186 g/mol. The predicted molar refractivity (Wildman–Crippen MR) is 52.8 cm³/mol. The molecular formula is C9H21NO4. The summed E-state index contributed by atoms with van der Waals surface area (Å²) >= 11 is 0. The Kier molecular flexibility index (Phi) is 6.22. The van der Waals surface area contributed by atoms with E-state index in [0.717, 1.165) is 0 Å². The Morgan fingerprint density at radius 1 is 1.07 bits per heavy atom. The molecule has 1 rings (SSSR count). The lowest BCUT2D eigenvalue weighted by Gasteiger charge is -2.38. The van der Waals surface area contributed by atoms with Crippen molar-refractivity contribution in [3.05, 3.63) is 0 Å². The van der Waals surface area contributed by atoms with E-state index >= 15 is 0 Å². The van der Waals surface area contributed by atoms with Crippen molar-refractivity contribution in [1.29, 1.82) is 0 Å². The first-order valence-corrected chi connectivity index (χ1v) is 4.97. The van der Waals surface area contributed by atoms with Crippen molar-refractivity contribution in [2.75, 3.05) is 6.54 Å². The third kappa shape index (κ3) is 2.90. The van der Waals surface area contributed by atoms with Crippen LogP contribution in [0.2, 0.25) is 0 Å². The minimum absolute atomic E-state index is 0.134. The number of nitrogens with two attached hydrogens (primary N) is 1. The Morgan fingerprint density at radius 3 is 2.00 bits per heavy atom. The predicted octanol–water partition coefficient (Wildman–Crippen LogP) is -1.16. The van der Waals surface area contributed by atoms with Gasteiger partial charge in [0.25, 0.3) is 0 Å². The van der Waals surface area contributed by atoms with Gasteiger partial charge in [0.1, 0.15) is 18.3 Å². The summed E-state index contributed by atoms with van der Waals surface area (Å²) in [6.45, 7) is 5.76. The van der Waals surface area contributed by atoms with Crippen molar-refractivity contribution in [2.45, 2.75) is 51.3 Å². The summed E-state index contributed by atoms with van der Waals surface area (Å²) in [4.78, 5) is 0. The summed E-state index contributed by atoms with van der Waals surface area (Å²) in [6.07, 6.45) is -4.37. The standard InChI is InChI=1S/C7H15NO4.C2H6/c1-3-5(9)7(11)6(10)4(2-8)12-3;1-2/h3-7,9-11H,2,8H2,1H3;1-2H3. The molecule has 5 nitrogen and oxygen atoms in total. The molecule has 0 aromatic carbocycles.